The van der Waals surface area contributed by atoms with Crippen molar-refractivity contribution in [2.75, 3.05) is 13.2 Å². The Labute approximate surface area is 154 Å². The van der Waals surface area contributed by atoms with Crippen molar-refractivity contribution in [2.45, 2.75) is 63.8 Å². The lowest BCUT2D eigenvalue weighted by Crippen LogP contribution is -2.61. The van der Waals surface area contributed by atoms with Gasteiger partial charge in [0.2, 0.25) is 0 Å². The summed E-state index contributed by atoms with van der Waals surface area (Å²) in [6.07, 6.45) is 3.61. The lowest BCUT2D eigenvalue weighted by molar-refractivity contribution is -0.276. The number of nitrogens with zero attached hydrogens (tertiary/aromatic N) is 2. The third kappa shape index (κ3) is 2.20. The van der Waals surface area contributed by atoms with E-state index in [-0.39, 0.29) is 17.0 Å². The van der Waals surface area contributed by atoms with Crippen LogP contribution < -0.4 is 22.5 Å². The average Bonchev–Trinajstić information content (AvgIpc) is 3.21. The van der Waals surface area contributed by atoms with Crippen LogP contribution in [0.3, 0.4) is 0 Å². The van der Waals surface area contributed by atoms with Crippen LogP contribution in [-0.2, 0) is 28.4 Å². The molecule has 1 aromatic heterocycles. The van der Waals surface area contributed by atoms with E-state index in [1.807, 2.05) is 11.7 Å². The number of hydrogen-bond acceptors (Lipinski definition) is 7. The molecule has 0 bridgehead atoms. The summed E-state index contributed by atoms with van der Waals surface area (Å²) < 4.78 is 14.3. The number of aryl methyl sites for hydroxylation is 1. The Morgan fingerprint density at radius 2 is 1.81 bits per heavy atom. The Bertz CT molecular complexity index is 692. The molecule has 2 fully saturated rings. The molecule has 2 heterocycles. The lowest BCUT2D eigenvalue weighted by atomic mass is 9.49. The fourth-order valence-corrected chi connectivity index (χ4v) is 6.06. The maximum Gasteiger partial charge on any atom is 0.173 e. The first kappa shape index (κ1) is 18.3. The first-order valence-electron chi connectivity index (χ1n) is 9.57. The number of rotatable bonds is 3. The highest BCUT2D eigenvalue weighted by Crippen LogP contribution is 2.62. The number of aromatic nitrogens is 2. The Morgan fingerprint density at radius 3 is 2.42 bits per heavy atom. The van der Waals surface area contributed by atoms with Gasteiger partial charge >= 0.3 is 0 Å². The quantitative estimate of drug-likeness (QED) is 0.355. The fourth-order valence-electron chi connectivity index (χ4n) is 6.06. The zero-order valence-corrected chi connectivity index (χ0v) is 16.3. The largest absolute Gasteiger partial charge is 0.347 e. The third-order valence-corrected chi connectivity index (χ3v) is 7.37. The standard InChI is InChI=1S/C18H32N6O2/c1-16(2)12-6-5-11-13(15(21-19)22-20)24(4)23-14(11)17(12,3)7-8-18(16)25-9-10-26-18/h12,15,21-22H,5-10,19-20H2,1-4H3/t12?,17-/m0/s1. The molecule has 0 amide bonds. The molecule has 6 N–H and O–H groups in total. The molecule has 1 saturated heterocycles. The maximum atomic E-state index is 6.18. The van der Waals surface area contributed by atoms with Crippen molar-refractivity contribution in [3.05, 3.63) is 17.0 Å². The minimum atomic E-state index is -0.452. The molecule has 1 aliphatic heterocycles. The van der Waals surface area contributed by atoms with E-state index in [2.05, 4.69) is 31.6 Å². The van der Waals surface area contributed by atoms with E-state index in [1.165, 1.54) is 11.3 Å². The van der Waals surface area contributed by atoms with Crippen LogP contribution in [0.4, 0.5) is 0 Å². The molecule has 0 radical (unpaired) electrons. The zero-order chi connectivity index (χ0) is 18.7. The first-order chi connectivity index (χ1) is 12.3. The molecule has 1 unspecified atom stereocenters. The first-order valence-corrected chi connectivity index (χ1v) is 9.57. The van der Waals surface area contributed by atoms with E-state index < -0.39 is 5.79 Å². The summed E-state index contributed by atoms with van der Waals surface area (Å²) in [5, 5.41) is 4.95. The molecule has 2 atom stereocenters. The van der Waals surface area contributed by atoms with Crippen LogP contribution in [0.25, 0.3) is 0 Å². The van der Waals surface area contributed by atoms with Crippen molar-refractivity contribution in [3.8, 4) is 0 Å². The summed E-state index contributed by atoms with van der Waals surface area (Å²) in [6, 6.07) is 0. The van der Waals surface area contributed by atoms with Gasteiger partial charge in [0, 0.05) is 29.9 Å². The summed E-state index contributed by atoms with van der Waals surface area (Å²) in [6.45, 7) is 8.36. The van der Waals surface area contributed by atoms with Gasteiger partial charge in [-0.15, -0.1) is 0 Å². The molecular weight excluding hydrogens is 332 g/mol. The Balaban J connectivity index is 1.78. The van der Waals surface area contributed by atoms with Crippen molar-refractivity contribution in [1.29, 1.82) is 0 Å². The highest BCUT2D eigenvalue weighted by atomic mass is 16.7. The van der Waals surface area contributed by atoms with Gasteiger partial charge in [0.1, 0.15) is 6.17 Å². The van der Waals surface area contributed by atoms with Gasteiger partial charge in [-0.1, -0.05) is 20.8 Å². The van der Waals surface area contributed by atoms with E-state index in [0.717, 1.165) is 31.4 Å². The monoisotopic (exact) mass is 364 g/mol. The molecule has 1 spiro atoms. The smallest absolute Gasteiger partial charge is 0.173 e. The van der Waals surface area contributed by atoms with E-state index in [1.54, 1.807) is 0 Å². The molecule has 26 heavy (non-hydrogen) atoms. The molecule has 0 aromatic carbocycles. The summed E-state index contributed by atoms with van der Waals surface area (Å²) in [5.74, 6) is 11.4. The Kier molecular flexibility index (Phi) is 4.22. The van der Waals surface area contributed by atoms with Crippen LogP contribution in [0.15, 0.2) is 0 Å². The average molecular weight is 364 g/mol. The molecule has 1 saturated carbocycles. The zero-order valence-electron chi connectivity index (χ0n) is 16.3. The normalized spacial score (nSPS) is 32.0. The van der Waals surface area contributed by atoms with Crippen molar-refractivity contribution in [2.24, 2.45) is 30.1 Å². The van der Waals surface area contributed by atoms with Crippen LogP contribution in [0.1, 0.15) is 63.2 Å². The molecule has 3 aliphatic rings. The topological polar surface area (TPSA) is 112 Å². The Hall–Kier alpha value is -1.03. The number of hydrazine groups is 2. The van der Waals surface area contributed by atoms with Crippen LogP contribution in [0, 0.1) is 11.3 Å². The molecule has 4 rings (SSSR count). The molecular formula is C18H32N6O2. The van der Waals surface area contributed by atoms with E-state index in [4.69, 9.17) is 26.3 Å². The maximum absolute atomic E-state index is 6.18. The molecule has 8 heteroatoms. The van der Waals surface area contributed by atoms with Gasteiger partial charge in [0.25, 0.3) is 0 Å². The number of fused-ring (bicyclic) bond motifs is 3. The number of nitrogens with two attached hydrogens (primary N) is 2. The van der Waals surface area contributed by atoms with E-state index in [9.17, 15) is 0 Å². The second kappa shape index (κ2) is 5.98. The Morgan fingerprint density at radius 1 is 1.15 bits per heavy atom. The minimum absolute atomic E-state index is 0.0125. The number of ether oxygens (including phenoxy) is 2. The van der Waals surface area contributed by atoms with E-state index >= 15 is 0 Å². The van der Waals surface area contributed by atoms with Gasteiger partial charge in [0.05, 0.1) is 24.6 Å². The molecule has 1 aromatic rings. The highest BCUT2D eigenvalue weighted by Gasteiger charge is 2.64. The van der Waals surface area contributed by atoms with Gasteiger partial charge in [-0.2, -0.15) is 5.10 Å². The second-order valence-corrected chi connectivity index (χ2v) is 8.78. The van der Waals surface area contributed by atoms with Crippen LogP contribution in [0.2, 0.25) is 0 Å². The number of hydrogen-bond donors (Lipinski definition) is 4. The SMILES string of the molecule is Cn1nc2c(c1C(NN)NN)CCC1C(C)(C)C3(CC[C@]21C)OCCO3. The predicted octanol–water partition coefficient (Wildman–Crippen LogP) is 0.728. The minimum Gasteiger partial charge on any atom is -0.347 e. The molecule has 2 aliphatic carbocycles. The van der Waals surface area contributed by atoms with Crippen molar-refractivity contribution in [3.63, 3.8) is 0 Å². The third-order valence-electron chi connectivity index (χ3n) is 7.37. The summed E-state index contributed by atoms with van der Waals surface area (Å²) in [7, 11) is 1.96. The second-order valence-electron chi connectivity index (χ2n) is 8.78. The number of nitrogens with one attached hydrogen (secondary N) is 2. The fraction of sp³-hybridized carbons (Fsp3) is 0.833. The van der Waals surface area contributed by atoms with E-state index in [0.29, 0.717) is 19.1 Å². The van der Waals surface area contributed by atoms with Crippen molar-refractivity contribution >= 4 is 0 Å². The molecule has 8 nitrogen and oxygen atoms in total. The summed E-state index contributed by atoms with van der Waals surface area (Å²) in [5.41, 5.74) is 8.88. The van der Waals surface area contributed by atoms with Gasteiger partial charge < -0.3 is 9.47 Å². The van der Waals surface area contributed by atoms with Crippen molar-refractivity contribution in [1.82, 2.24) is 20.6 Å². The lowest BCUT2D eigenvalue weighted by Gasteiger charge is -2.59. The summed E-state index contributed by atoms with van der Waals surface area (Å²) >= 11 is 0. The summed E-state index contributed by atoms with van der Waals surface area (Å²) in [4.78, 5) is 0. The van der Waals surface area contributed by atoms with Gasteiger partial charge in [0.15, 0.2) is 5.79 Å². The van der Waals surface area contributed by atoms with Crippen LogP contribution in [0.5, 0.6) is 0 Å². The van der Waals surface area contributed by atoms with Gasteiger partial charge in [-0.3, -0.25) is 16.4 Å². The molecule has 146 valence electrons. The van der Waals surface area contributed by atoms with Crippen molar-refractivity contribution < 1.29 is 9.47 Å². The van der Waals surface area contributed by atoms with Crippen LogP contribution in [-0.4, -0.2) is 28.8 Å². The van der Waals surface area contributed by atoms with Gasteiger partial charge in [-0.05, 0) is 25.2 Å². The van der Waals surface area contributed by atoms with Crippen LogP contribution >= 0.6 is 0 Å². The predicted molar refractivity (Wildman–Crippen MR) is 97.4 cm³/mol. The highest BCUT2D eigenvalue weighted by molar-refractivity contribution is 5.39. The van der Waals surface area contributed by atoms with Gasteiger partial charge in [-0.25, -0.2) is 10.9 Å².